The van der Waals surface area contributed by atoms with E-state index in [1.54, 1.807) is 16.2 Å². The minimum Gasteiger partial charge on any atom is -0.421 e. The molecule has 0 spiro atoms. The first kappa shape index (κ1) is 20.5. The summed E-state index contributed by atoms with van der Waals surface area (Å²) in [5.41, 5.74) is 0.900. The highest BCUT2D eigenvalue weighted by molar-refractivity contribution is 7.08. The number of hydrogen-bond acceptors (Lipinski definition) is 6. The maximum Gasteiger partial charge on any atom is 0.248 e. The zero-order valence-corrected chi connectivity index (χ0v) is 17.3. The van der Waals surface area contributed by atoms with E-state index in [1.807, 2.05) is 23.8 Å². The van der Waals surface area contributed by atoms with Gasteiger partial charge >= 0.3 is 0 Å². The Hall–Kier alpha value is -2.22. The van der Waals surface area contributed by atoms with Gasteiger partial charge in [0.1, 0.15) is 0 Å². The summed E-state index contributed by atoms with van der Waals surface area (Å²) in [7, 11) is 0. The molecule has 2 atom stereocenters. The Bertz CT molecular complexity index is 774. The van der Waals surface area contributed by atoms with Crippen LogP contribution < -0.4 is 5.32 Å². The lowest BCUT2D eigenvalue weighted by atomic mass is 9.96. The predicted octanol–water partition coefficient (Wildman–Crippen LogP) is 3.27. The van der Waals surface area contributed by atoms with E-state index in [1.165, 1.54) is 0 Å². The van der Waals surface area contributed by atoms with Gasteiger partial charge in [-0.2, -0.15) is 11.3 Å². The fraction of sp³-hybridized carbons (Fsp3) is 0.600. The number of carbonyl (C=O) groups is 2. The molecule has 2 amide bonds. The van der Waals surface area contributed by atoms with Crippen molar-refractivity contribution in [3.05, 3.63) is 22.7 Å². The number of aryl methyl sites for hydroxylation is 1. The van der Waals surface area contributed by atoms with Crippen LogP contribution in [0, 0.1) is 5.92 Å². The van der Waals surface area contributed by atoms with Crippen molar-refractivity contribution in [3.8, 4) is 11.5 Å². The Labute approximate surface area is 169 Å². The van der Waals surface area contributed by atoms with E-state index in [9.17, 15) is 9.59 Å². The van der Waals surface area contributed by atoms with E-state index in [-0.39, 0.29) is 23.8 Å². The quantitative estimate of drug-likeness (QED) is 0.729. The minimum atomic E-state index is -0.120. The molecule has 1 N–H and O–H groups in total. The summed E-state index contributed by atoms with van der Waals surface area (Å²) < 4.78 is 5.64. The lowest BCUT2D eigenvalue weighted by Gasteiger charge is -2.32. The normalized spacial score (nSPS) is 18.1. The molecule has 1 aliphatic rings. The average Bonchev–Trinajstić information content (AvgIpc) is 3.38. The maximum absolute atomic E-state index is 12.6. The predicted molar refractivity (Wildman–Crippen MR) is 108 cm³/mol. The maximum atomic E-state index is 12.6. The first-order chi connectivity index (χ1) is 13.6. The molecular weight excluding hydrogens is 376 g/mol. The van der Waals surface area contributed by atoms with Crippen molar-refractivity contribution in [2.75, 3.05) is 13.1 Å². The van der Waals surface area contributed by atoms with Crippen molar-refractivity contribution >= 4 is 23.2 Å². The molecule has 7 nitrogen and oxygen atoms in total. The molecule has 0 aromatic carbocycles. The number of rotatable bonds is 8. The molecule has 1 fully saturated rings. The van der Waals surface area contributed by atoms with Crippen LogP contribution in [0.15, 0.2) is 21.2 Å². The number of likely N-dealkylation sites (tertiary alicyclic amines) is 1. The highest BCUT2D eigenvalue weighted by Crippen LogP contribution is 2.22. The Balaban J connectivity index is 1.48. The van der Waals surface area contributed by atoms with Gasteiger partial charge in [-0.1, -0.05) is 13.3 Å². The summed E-state index contributed by atoms with van der Waals surface area (Å²) in [5, 5.41) is 15.0. The SMILES string of the molecule is CCC[C@@H](C)NC(=O)[C@H]1CCCN(C(=O)CCc2nnc(-c3ccsc3)o2)C1. The van der Waals surface area contributed by atoms with Crippen LogP contribution in [0.1, 0.15) is 51.8 Å². The average molecular weight is 405 g/mol. The molecule has 0 saturated carbocycles. The van der Waals surface area contributed by atoms with Crippen molar-refractivity contribution in [3.63, 3.8) is 0 Å². The molecule has 3 rings (SSSR count). The van der Waals surface area contributed by atoms with Crippen molar-refractivity contribution in [2.45, 2.75) is 58.4 Å². The Morgan fingerprint density at radius 3 is 3.04 bits per heavy atom. The largest absolute Gasteiger partial charge is 0.421 e. The zero-order valence-electron chi connectivity index (χ0n) is 16.5. The number of carbonyl (C=O) groups excluding carboxylic acids is 2. The van der Waals surface area contributed by atoms with E-state index in [0.29, 0.717) is 37.7 Å². The molecule has 0 unspecified atom stereocenters. The summed E-state index contributed by atoms with van der Waals surface area (Å²) in [6.45, 7) is 5.34. The molecule has 2 aromatic heterocycles. The van der Waals surface area contributed by atoms with Crippen LogP contribution in [0.2, 0.25) is 0 Å². The van der Waals surface area contributed by atoms with Crippen molar-refractivity contribution in [1.29, 1.82) is 0 Å². The first-order valence-electron chi connectivity index (χ1n) is 10.00. The Morgan fingerprint density at radius 2 is 2.29 bits per heavy atom. The van der Waals surface area contributed by atoms with Gasteiger partial charge in [0, 0.05) is 42.9 Å². The number of thiophene rings is 1. The molecule has 28 heavy (non-hydrogen) atoms. The van der Waals surface area contributed by atoms with Gasteiger partial charge < -0.3 is 14.6 Å². The number of amides is 2. The van der Waals surface area contributed by atoms with E-state index in [2.05, 4.69) is 22.4 Å². The van der Waals surface area contributed by atoms with Crippen LogP contribution in [0.3, 0.4) is 0 Å². The van der Waals surface area contributed by atoms with Crippen molar-refractivity contribution < 1.29 is 14.0 Å². The third kappa shape index (κ3) is 5.41. The van der Waals surface area contributed by atoms with Crippen molar-refractivity contribution in [2.24, 2.45) is 5.92 Å². The number of hydrogen-bond donors (Lipinski definition) is 1. The molecule has 1 aliphatic heterocycles. The van der Waals surface area contributed by atoms with E-state index < -0.39 is 0 Å². The molecule has 2 aromatic rings. The summed E-state index contributed by atoms with van der Waals surface area (Å²) in [6, 6.07) is 2.10. The molecule has 152 valence electrons. The summed E-state index contributed by atoms with van der Waals surface area (Å²) >= 11 is 1.57. The van der Waals surface area contributed by atoms with Gasteiger partial charge in [0.25, 0.3) is 0 Å². The number of nitrogens with one attached hydrogen (secondary N) is 1. The second kappa shape index (κ2) is 9.82. The lowest BCUT2D eigenvalue weighted by Crippen LogP contribution is -2.47. The number of aromatic nitrogens is 2. The Kier molecular flexibility index (Phi) is 7.19. The summed E-state index contributed by atoms with van der Waals surface area (Å²) in [6.07, 6.45) is 4.43. The molecule has 0 radical (unpaired) electrons. The van der Waals surface area contributed by atoms with Gasteiger partial charge in [-0.15, -0.1) is 10.2 Å². The van der Waals surface area contributed by atoms with Crippen LogP contribution in [-0.2, 0) is 16.0 Å². The first-order valence-corrected chi connectivity index (χ1v) is 10.9. The second-order valence-corrected chi connectivity index (χ2v) is 8.17. The van der Waals surface area contributed by atoms with Crippen LogP contribution in [0.4, 0.5) is 0 Å². The third-order valence-corrected chi connectivity index (χ3v) is 5.73. The van der Waals surface area contributed by atoms with E-state index >= 15 is 0 Å². The number of piperidine rings is 1. The molecule has 0 aliphatic carbocycles. The van der Waals surface area contributed by atoms with Gasteiger partial charge in [0.15, 0.2) is 0 Å². The van der Waals surface area contributed by atoms with Gasteiger partial charge in [0.05, 0.1) is 5.92 Å². The zero-order chi connectivity index (χ0) is 19.9. The van der Waals surface area contributed by atoms with Gasteiger partial charge in [-0.05, 0) is 37.6 Å². The van der Waals surface area contributed by atoms with E-state index in [0.717, 1.165) is 31.2 Å². The lowest BCUT2D eigenvalue weighted by molar-refractivity contribution is -0.135. The van der Waals surface area contributed by atoms with Crippen molar-refractivity contribution in [1.82, 2.24) is 20.4 Å². The monoisotopic (exact) mass is 404 g/mol. The highest BCUT2D eigenvalue weighted by atomic mass is 32.1. The molecular formula is C20H28N4O3S. The van der Waals surface area contributed by atoms with Gasteiger partial charge in [-0.3, -0.25) is 9.59 Å². The van der Waals surface area contributed by atoms with E-state index in [4.69, 9.17) is 4.42 Å². The highest BCUT2D eigenvalue weighted by Gasteiger charge is 2.29. The fourth-order valence-electron chi connectivity index (χ4n) is 3.51. The molecule has 1 saturated heterocycles. The fourth-order valence-corrected chi connectivity index (χ4v) is 4.14. The Morgan fingerprint density at radius 1 is 1.43 bits per heavy atom. The minimum absolute atomic E-state index is 0.0365. The number of nitrogens with zero attached hydrogens (tertiary/aromatic N) is 3. The van der Waals surface area contributed by atoms with Gasteiger partial charge in [-0.25, -0.2) is 0 Å². The topological polar surface area (TPSA) is 88.3 Å². The molecule has 8 heteroatoms. The van der Waals surface area contributed by atoms with Crippen LogP contribution in [-0.4, -0.2) is 46.0 Å². The van der Waals surface area contributed by atoms with Gasteiger partial charge in [0.2, 0.25) is 23.6 Å². The second-order valence-electron chi connectivity index (χ2n) is 7.39. The van der Waals surface area contributed by atoms with Crippen LogP contribution in [0.25, 0.3) is 11.5 Å². The smallest absolute Gasteiger partial charge is 0.248 e. The summed E-state index contributed by atoms with van der Waals surface area (Å²) in [5.74, 6) is 0.935. The van der Waals surface area contributed by atoms with Crippen LogP contribution in [0.5, 0.6) is 0 Å². The molecule has 0 bridgehead atoms. The third-order valence-electron chi connectivity index (χ3n) is 5.04. The standard InChI is InChI=1S/C20H28N4O3S/c1-3-5-14(2)21-19(26)15-6-4-10-24(12-15)18(25)8-7-17-22-23-20(27-17)16-9-11-28-13-16/h9,11,13-15H,3-8,10,12H2,1-2H3,(H,21,26)/t14-,15+/m1/s1. The summed E-state index contributed by atoms with van der Waals surface area (Å²) in [4.78, 5) is 26.9. The molecule has 3 heterocycles. The van der Waals surface area contributed by atoms with Crippen LogP contribution >= 0.6 is 11.3 Å².